The molecule has 7 heteroatoms. The van der Waals surface area contributed by atoms with Crippen LogP contribution >= 0.6 is 11.3 Å². The molecule has 2 heterocycles. The normalized spacial score (nSPS) is 27.2. The minimum absolute atomic E-state index is 0.0745. The van der Waals surface area contributed by atoms with Crippen molar-refractivity contribution >= 4 is 21.4 Å². The standard InChI is InChI=1S/C18H31N3O2S2/c1-19-12-10-15(11-13-19)20(2)16-7-4-5-8-17(16)21(3)25(22,23)18-9-6-14-24-18/h6,9,14-17H,4-5,7-8,10-13H2,1-3H3. The highest BCUT2D eigenvalue weighted by molar-refractivity contribution is 7.91. The van der Waals surface area contributed by atoms with E-state index in [1.54, 1.807) is 17.4 Å². The monoisotopic (exact) mass is 385 g/mol. The van der Waals surface area contributed by atoms with Crippen LogP contribution < -0.4 is 0 Å². The third kappa shape index (κ3) is 4.11. The van der Waals surface area contributed by atoms with Gasteiger partial charge in [-0.15, -0.1) is 11.3 Å². The van der Waals surface area contributed by atoms with Crippen molar-refractivity contribution in [1.29, 1.82) is 0 Å². The minimum atomic E-state index is -3.38. The Morgan fingerprint density at radius 3 is 2.32 bits per heavy atom. The second-order valence-corrected chi connectivity index (χ2v) is 10.7. The van der Waals surface area contributed by atoms with E-state index in [0.29, 0.717) is 16.3 Å². The zero-order chi connectivity index (χ0) is 18.0. The summed E-state index contributed by atoms with van der Waals surface area (Å²) in [6, 6.07) is 4.50. The van der Waals surface area contributed by atoms with E-state index >= 15 is 0 Å². The molecule has 0 amide bonds. The number of likely N-dealkylation sites (tertiary alicyclic amines) is 1. The molecular formula is C18H31N3O2S2. The Labute approximate surface area is 156 Å². The topological polar surface area (TPSA) is 43.9 Å². The van der Waals surface area contributed by atoms with Gasteiger partial charge in [0.1, 0.15) is 4.21 Å². The summed E-state index contributed by atoms with van der Waals surface area (Å²) in [5, 5.41) is 1.84. The van der Waals surface area contributed by atoms with Crippen molar-refractivity contribution < 1.29 is 8.42 Å². The lowest BCUT2D eigenvalue weighted by atomic mass is 9.87. The Morgan fingerprint density at radius 2 is 1.72 bits per heavy atom. The number of hydrogen-bond donors (Lipinski definition) is 0. The van der Waals surface area contributed by atoms with Crippen molar-refractivity contribution in [1.82, 2.24) is 14.1 Å². The first kappa shape index (κ1) is 19.3. The SMILES string of the molecule is CN1CCC(N(C)C2CCCCC2N(C)S(=O)(=O)c2cccs2)CC1. The number of likely N-dealkylation sites (N-methyl/N-ethyl adjacent to an activating group) is 2. The van der Waals surface area contributed by atoms with Crippen LogP contribution in [0.3, 0.4) is 0 Å². The molecule has 25 heavy (non-hydrogen) atoms. The van der Waals surface area contributed by atoms with Gasteiger partial charge < -0.3 is 4.90 Å². The van der Waals surface area contributed by atoms with Gasteiger partial charge in [-0.25, -0.2) is 8.42 Å². The summed E-state index contributed by atoms with van der Waals surface area (Å²) in [7, 11) is 2.79. The van der Waals surface area contributed by atoms with Crippen molar-refractivity contribution in [3.05, 3.63) is 17.5 Å². The third-order valence-electron chi connectivity index (χ3n) is 6.08. The Morgan fingerprint density at radius 1 is 1.08 bits per heavy atom. The lowest BCUT2D eigenvalue weighted by Gasteiger charge is -2.46. The van der Waals surface area contributed by atoms with E-state index in [2.05, 4.69) is 23.9 Å². The number of piperidine rings is 1. The molecule has 2 aliphatic rings. The molecule has 1 aliphatic carbocycles. The number of thiophene rings is 1. The number of rotatable bonds is 5. The van der Waals surface area contributed by atoms with Gasteiger partial charge in [-0.05, 0) is 64.3 Å². The van der Waals surface area contributed by atoms with Gasteiger partial charge >= 0.3 is 0 Å². The van der Waals surface area contributed by atoms with E-state index in [-0.39, 0.29) is 6.04 Å². The molecule has 142 valence electrons. The number of hydrogen-bond acceptors (Lipinski definition) is 5. The molecule has 0 N–H and O–H groups in total. The van der Waals surface area contributed by atoms with Crippen LogP contribution in [0, 0.1) is 0 Å². The highest BCUT2D eigenvalue weighted by Gasteiger charge is 2.39. The molecule has 0 bridgehead atoms. The van der Waals surface area contributed by atoms with E-state index in [0.717, 1.165) is 32.4 Å². The predicted octanol–water partition coefficient (Wildman–Crippen LogP) is 2.71. The molecule has 2 atom stereocenters. The largest absolute Gasteiger partial charge is 0.306 e. The van der Waals surface area contributed by atoms with Gasteiger partial charge in [0.2, 0.25) is 0 Å². The van der Waals surface area contributed by atoms with Crippen molar-refractivity contribution in [2.45, 2.75) is 60.9 Å². The van der Waals surface area contributed by atoms with Gasteiger partial charge in [-0.1, -0.05) is 18.9 Å². The summed E-state index contributed by atoms with van der Waals surface area (Å²) in [4.78, 5) is 4.88. The average molecular weight is 386 g/mol. The Bertz CT molecular complexity index is 639. The van der Waals surface area contributed by atoms with Crippen LogP contribution in [0.4, 0.5) is 0 Å². The maximum Gasteiger partial charge on any atom is 0.252 e. The van der Waals surface area contributed by atoms with Gasteiger partial charge in [0.15, 0.2) is 0 Å². The Kier molecular flexibility index (Phi) is 6.21. The van der Waals surface area contributed by atoms with Gasteiger partial charge in [-0.2, -0.15) is 4.31 Å². The quantitative estimate of drug-likeness (QED) is 0.782. The van der Waals surface area contributed by atoms with E-state index in [4.69, 9.17) is 0 Å². The molecular weight excluding hydrogens is 354 g/mol. The van der Waals surface area contributed by atoms with Crippen molar-refractivity contribution in [2.75, 3.05) is 34.2 Å². The smallest absolute Gasteiger partial charge is 0.252 e. The zero-order valence-corrected chi connectivity index (χ0v) is 17.2. The Hall–Kier alpha value is -0.470. The van der Waals surface area contributed by atoms with Crippen LogP contribution in [-0.2, 0) is 10.0 Å². The maximum atomic E-state index is 13.0. The first-order valence-corrected chi connectivity index (χ1v) is 11.6. The fourth-order valence-electron chi connectivity index (χ4n) is 4.39. The molecule has 1 aromatic heterocycles. The molecule has 1 saturated heterocycles. The van der Waals surface area contributed by atoms with Crippen LogP contribution in [0.25, 0.3) is 0 Å². The van der Waals surface area contributed by atoms with Crippen LogP contribution in [-0.4, -0.2) is 74.9 Å². The second kappa shape index (κ2) is 8.05. The molecule has 1 aromatic rings. The molecule has 1 saturated carbocycles. The molecule has 2 unspecified atom stereocenters. The fourth-order valence-corrected chi connectivity index (χ4v) is 6.99. The highest BCUT2D eigenvalue weighted by Crippen LogP contribution is 2.32. The van der Waals surface area contributed by atoms with Crippen LogP contribution in [0.1, 0.15) is 38.5 Å². The average Bonchev–Trinajstić information content (AvgIpc) is 3.16. The number of nitrogens with zero attached hydrogens (tertiary/aromatic N) is 3. The Balaban J connectivity index is 1.76. The molecule has 3 rings (SSSR count). The fraction of sp³-hybridized carbons (Fsp3) is 0.778. The van der Waals surface area contributed by atoms with Crippen molar-refractivity contribution in [3.8, 4) is 0 Å². The van der Waals surface area contributed by atoms with Crippen molar-refractivity contribution in [2.24, 2.45) is 0 Å². The molecule has 1 aliphatic heterocycles. The summed E-state index contributed by atoms with van der Waals surface area (Å²) >= 11 is 1.31. The second-order valence-electron chi connectivity index (χ2n) is 7.57. The van der Waals surface area contributed by atoms with Gasteiger partial charge in [0.05, 0.1) is 0 Å². The van der Waals surface area contributed by atoms with Crippen LogP contribution in [0.2, 0.25) is 0 Å². The molecule has 0 radical (unpaired) electrons. The summed E-state index contributed by atoms with van der Waals surface area (Å²) < 4.78 is 28.1. The van der Waals surface area contributed by atoms with E-state index in [1.165, 1.54) is 30.6 Å². The maximum absolute atomic E-state index is 13.0. The van der Waals surface area contributed by atoms with Crippen molar-refractivity contribution in [3.63, 3.8) is 0 Å². The molecule has 5 nitrogen and oxygen atoms in total. The van der Waals surface area contributed by atoms with E-state index in [1.807, 2.05) is 11.4 Å². The number of sulfonamides is 1. The molecule has 0 spiro atoms. The highest BCUT2D eigenvalue weighted by atomic mass is 32.2. The summed E-state index contributed by atoms with van der Waals surface area (Å²) in [6.07, 6.45) is 6.73. The zero-order valence-electron chi connectivity index (χ0n) is 15.6. The van der Waals surface area contributed by atoms with Gasteiger partial charge in [-0.3, -0.25) is 4.90 Å². The summed E-state index contributed by atoms with van der Waals surface area (Å²) in [5.74, 6) is 0. The first-order chi connectivity index (χ1) is 11.9. The molecule has 0 aromatic carbocycles. The van der Waals surface area contributed by atoms with Crippen LogP contribution in [0.5, 0.6) is 0 Å². The minimum Gasteiger partial charge on any atom is -0.306 e. The van der Waals surface area contributed by atoms with Gasteiger partial charge in [0.25, 0.3) is 10.0 Å². The third-order valence-corrected chi connectivity index (χ3v) is 9.33. The first-order valence-electron chi connectivity index (χ1n) is 9.33. The summed E-state index contributed by atoms with van der Waals surface area (Å²) in [6.45, 7) is 2.27. The van der Waals surface area contributed by atoms with E-state index < -0.39 is 10.0 Å². The lowest BCUT2D eigenvalue weighted by molar-refractivity contribution is 0.0534. The lowest BCUT2D eigenvalue weighted by Crippen LogP contribution is -2.56. The van der Waals surface area contributed by atoms with E-state index in [9.17, 15) is 8.42 Å². The predicted molar refractivity (Wildman–Crippen MR) is 104 cm³/mol. The van der Waals surface area contributed by atoms with Crippen LogP contribution in [0.15, 0.2) is 21.7 Å². The van der Waals surface area contributed by atoms with Gasteiger partial charge in [0, 0.05) is 25.2 Å². The molecule has 2 fully saturated rings. The summed E-state index contributed by atoms with van der Waals surface area (Å²) in [5.41, 5.74) is 0.